The van der Waals surface area contributed by atoms with Gasteiger partial charge in [-0.25, -0.2) is 0 Å². The molecule has 0 atom stereocenters. The molecule has 2 N–H and O–H groups in total. The number of carbonyl (C=O) groups excluding carboxylic acids is 2. The van der Waals surface area contributed by atoms with Crippen molar-refractivity contribution in [1.29, 1.82) is 0 Å². The largest absolute Gasteiger partial charge is 0.378 e. The molecule has 21 heavy (non-hydrogen) atoms. The summed E-state index contributed by atoms with van der Waals surface area (Å²) in [4.78, 5) is 24.2. The summed E-state index contributed by atoms with van der Waals surface area (Å²) in [6, 6.07) is 0. The third-order valence-electron chi connectivity index (χ3n) is 3.12. The SMILES string of the molecule is CCC(=O)NCCCCN(C)CCOCCNC(=O)CC. The Morgan fingerprint density at radius 1 is 0.905 bits per heavy atom. The number of amides is 2. The van der Waals surface area contributed by atoms with E-state index in [1.54, 1.807) is 0 Å². The van der Waals surface area contributed by atoms with Gasteiger partial charge in [-0.2, -0.15) is 0 Å². The van der Waals surface area contributed by atoms with Crippen molar-refractivity contribution >= 4 is 11.8 Å². The Bertz CT molecular complexity index is 285. The topological polar surface area (TPSA) is 70.7 Å². The highest BCUT2D eigenvalue weighted by Gasteiger charge is 2.00. The second-order valence-electron chi connectivity index (χ2n) is 5.03. The molecule has 6 nitrogen and oxygen atoms in total. The molecule has 0 bridgehead atoms. The third-order valence-corrected chi connectivity index (χ3v) is 3.12. The lowest BCUT2D eigenvalue weighted by atomic mass is 10.3. The van der Waals surface area contributed by atoms with E-state index in [1.165, 1.54) is 0 Å². The second kappa shape index (κ2) is 13.8. The maximum atomic E-state index is 11.0. The number of nitrogens with zero attached hydrogens (tertiary/aromatic N) is 1. The van der Waals surface area contributed by atoms with Gasteiger partial charge < -0.3 is 20.3 Å². The average molecular weight is 301 g/mol. The first-order chi connectivity index (χ1) is 10.1. The van der Waals surface area contributed by atoms with Crippen molar-refractivity contribution in [3.63, 3.8) is 0 Å². The monoisotopic (exact) mass is 301 g/mol. The quantitative estimate of drug-likeness (QED) is 0.493. The van der Waals surface area contributed by atoms with Crippen LogP contribution in [0.3, 0.4) is 0 Å². The van der Waals surface area contributed by atoms with E-state index >= 15 is 0 Å². The Labute approximate surface area is 128 Å². The number of hydrogen-bond donors (Lipinski definition) is 2. The van der Waals surface area contributed by atoms with Gasteiger partial charge in [0.2, 0.25) is 11.8 Å². The van der Waals surface area contributed by atoms with E-state index in [0.29, 0.717) is 32.6 Å². The Hall–Kier alpha value is -1.14. The fraction of sp³-hybridized carbons (Fsp3) is 0.867. The first-order valence-electron chi connectivity index (χ1n) is 7.89. The molecule has 6 heteroatoms. The van der Waals surface area contributed by atoms with Gasteiger partial charge in [-0.15, -0.1) is 0 Å². The van der Waals surface area contributed by atoms with Gasteiger partial charge in [0.25, 0.3) is 0 Å². The van der Waals surface area contributed by atoms with Crippen LogP contribution >= 0.6 is 0 Å². The van der Waals surface area contributed by atoms with E-state index in [9.17, 15) is 9.59 Å². The average Bonchev–Trinajstić information content (AvgIpc) is 2.49. The molecule has 0 rings (SSSR count). The smallest absolute Gasteiger partial charge is 0.219 e. The summed E-state index contributed by atoms with van der Waals surface area (Å²) in [5.41, 5.74) is 0. The number of hydrogen-bond acceptors (Lipinski definition) is 4. The van der Waals surface area contributed by atoms with Crippen molar-refractivity contribution < 1.29 is 14.3 Å². The summed E-state index contributed by atoms with van der Waals surface area (Å²) in [5, 5.41) is 5.64. The van der Waals surface area contributed by atoms with Crippen molar-refractivity contribution in [1.82, 2.24) is 15.5 Å². The van der Waals surface area contributed by atoms with Gasteiger partial charge in [-0.05, 0) is 26.4 Å². The van der Waals surface area contributed by atoms with Gasteiger partial charge >= 0.3 is 0 Å². The summed E-state index contributed by atoms with van der Waals surface area (Å²) < 4.78 is 5.46. The van der Waals surface area contributed by atoms with Crippen LogP contribution in [0.25, 0.3) is 0 Å². The molecule has 0 saturated heterocycles. The number of carbonyl (C=O) groups is 2. The zero-order valence-electron chi connectivity index (χ0n) is 13.7. The molecule has 0 aliphatic carbocycles. The lowest BCUT2D eigenvalue weighted by Gasteiger charge is -2.16. The number of rotatable bonds is 13. The van der Waals surface area contributed by atoms with Gasteiger partial charge in [0, 0.05) is 32.5 Å². The molecule has 124 valence electrons. The van der Waals surface area contributed by atoms with Crippen LogP contribution in [0.1, 0.15) is 39.5 Å². The molecule has 2 amide bonds. The molecule has 0 fully saturated rings. The van der Waals surface area contributed by atoms with Crippen LogP contribution < -0.4 is 10.6 Å². The summed E-state index contributed by atoms with van der Waals surface area (Å²) in [6.45, 7) is 8.13. The fourth-order valence-corrected chi connectivity index (χ4v) is 1.68. The molecule has 0 saturated carbocycles. The van der Waals surface area contributed by atoms with Gasteiger partial charge in [-0.3, -0.25) is 9.59 Å². The molecule has 0 spiro atoms. The predicted molar refractivity (Wildman–Crippen MR) is 84.2 cm³/mol. The lowest BCUT2D eigenvalue weighted by Crippen LogP contribution is -2.29. The maximum absolute atomic E-state index is 11.0. The first-order valence-corrected chi connectivity index (χ1v) is 7.89. The molecular weight excluding hydrogens is 270 g/mol. The zero-order chi connectivity index (χ0) is 15.9. The van der Waals surface area contributed by atoms with Crippen LogP contribution in [-0.2, 0) is 14.3 Å². The van der Waals surface area contributed by atoms with Gasteiger partial charge in [0.05, 0.1) is 13.2 Å². The molecule has 0 aromatic rings. The molecule has 0 aliphatic heterocycles. The van der Waals surface area contributed by atoms with Crippen LogP contribution in [0.15, 0.2) is 0 Å². The Morgan fingerprint density at radius 2 is 1.52 bits per heavy atom. The predicted octanol–water partition coefficient (Wildman–Crippen LogP) is 0.767. The minimum Gasteiger partial charge on any atom is -0.378 e. The third kappa shape index (κ3) is 13.6. The lowest BCUT2D eigenvalue weighted by molar-refractivity contribution is -0.121. The minimum absolute atomic E-state index is 0.0610. The van der Waals surface area contributed by atoms with E-state index in [1.807, 2.05) is 13.8 Å². The van der Waals surface area contributed by atoms with Crippen molar-refractivity contribution in [3.8, 4) is 0 Å². The minimum atomic E-state index is 0.0610. The molecule has 0 aliphatic rings. The Morgan fingerprint density at radius 3 is 2.14 bits per heavy atom. The zero-order valence-corrected chi connectivity index (χ0v) is 13.7. The van der Waals surface area contributed by atoms with E-state index in [2.05, 4.69) is 22.6 Å². The Balaban J connectivity index is 3.29. The highest BCUT2D eigenvalue weighted by molar-refractivity contribution is 5.75. The number of nitrogens with one attached hydrogen (secondary N) is 2. The summed E-state index contributed by atoms with van der Waals surface area (Å²) in [6.07, 6.45) is 3.13. The molecule has 0 radical (unpaired) electrons. The van der Waals surface area contributed by atoms with Crippen molar-refractivity contribution in [3.05, 3.63) is 0 Å². The van der Waals surface area contributed by atoms with Gasteiger partial charge in [-0.1, -0.05) is 13.8 Å². The highest BCUT2D eigenvalue weighted by atomic mass is 16.5. The molecule has 0 aromatic heterocycles. The van der Waals surface area contributed by atoms with Gasteiger partial charge in [0.1, 0.15) is 0 Å². The highest BCUT2D eigenvalue weighted by Crippen LogP contribution is 1.92. The second-order valence-corrected chi connectivity index (χ2v) is 5.03. The molecule has 0 heterocycles. The number of likely N-dealkylation sites (N-methyl/N-ethyl adjacent to an activating group) is 1. The molecule has 0 unspecified atom stereocenters. The Kier molecular flexibility index (Phi) is 13.1. The van der Waals surface area contributed by atoms with Crippen LogP contribution in [0.5, 0.6) is 0 Å². The van der Waals surface area contributed by atoms with E-state index in [-0.39, 0.29) is 11.8 Å². The van der Waals surface area contributed by atoms with E-state index < -0.39 is 0 Å². The van der Waals surface area contributed by atoms with E-state index in [4.69, 9.17) is 4.74 Å². The standard InChI is InChI=1S/C15H31N3O3/c1-4-14(19)16-8-6-7-10-18(3)11-13-21-12-9-17-15(20)5-2/h4-13H2,1-3H3,(H,16,19)(H,17,20). The van der Waals surface area contributed by atoms with Crippen LogP contribution in [0.4, 0.5) is 0 Å². The number of ether oxygens (including phenoxy) is 1. The van der Waals surface area contributed by atoms with Crippen LogP contribution in [0.2, 0.25) is 0 Å². The maximum Gasteiger partial charge on any atom is 0.219 e. The summed E-state index contributed by atoms with van der Waals surface area (Å²) >= 11 is 0. The van der Waals surface area contributed by atoms with Crippen LogP contribution in [-0.4, -0.2) is 63.2 Å². The summed E-state index contributed by atoms with van der Waals surface area (Å²) in [5.74, 6) is 0.179. The fourth-order valence-electron chi connectivity index (χ4n) is 1.68. The number of unbranched alkanes of at least 4 members (excludes halogenated alkanes) is 1. The summed E-state index contributed by atoms with van der Waals surface area (Å²) in [7, 11) is 2.06. The first kappa shape index (κ1) is 19.9. The van der Waals surface area contributed by atoms with Crippen molar-refractivity contribution in [2.45, 2.75) is 39.5 Å². The normalized spacial score (nSPS) is 10.7. The van der Waals surface area contributed by atoms with E-state index in [0.717, 1.165) is 32.5 Å². The van der Waals surface area contributed by atoms with Crippen LogP contribution in [0, 0.1) is 0 Å². The van der Waals surface area contributed by atoms with Crippen molar-refractivity contribution in [2.75, 3.05) is 46.4 Å². The van der Waals surface area contributed by atoms with Crippen molar-refractivity contribution in [2.24, 2.45) is 0 Å². The van der Waals surface area contributed by atoms with Gasteiger partial charge in [0.15, 0.2) is 0 Å². The molecular formula is C15H31N3O3. The molecule has 0 aromatic carbocycles.